The molecule has 160 valence electrons. The first-order valence-corrected chi connectivity index (χ1v) is 10.3. The van der Waals surface area contributed by atoms with Gasteiger partial charge < -0.3 is 19.2 Å². The van der Waals surface area contributed by atoms with Gasteiger partial charge in [-0.25, -0.2) is 0 Å². The van der Waals surface area contributed by atoms with Crippen molar-refractivity contribution in [3.05, 3.63) is 60.6 Å². The lowest BCUT2D eigenvalue weighted by atomic mass is 9.78. The molecule has 0 bridgehead atoms. The smallest absolute Gasteiger partial charge is 0.307 e. The standard InChI is InChI=1S/C24H29NO5/c1-16(2)15-21(22-9-6-14-30-22)25(17-10-12-18(29-3)13-11-17)23(26)19-7-4-5-8-20(19)24(27)28/h6,9-14,19-21H,1,4-5,7-8,15H2,2-3H3,(H,27,28). The first-order valence-electron chi connectivity index (χ1n) is 10.3. The summed E-state index contributed by atoms with van der Waals surface area (Å²) in [5.74, 6) is -1.01. The van der Waals surface area contributed by atoms with E-state index in [0.717, 1.165) is 18.4 Å². The van der Waals surface area contributed by atoms with Crippen molar-refractivity contribution >= 4 is 17.6 Å². The number of carboxylic acid groups (broad SMARTS) is 1. The number of methoxy groups -OCH3 is 1. The Morgan fingerprint density at radius 3 is 2.40 bits per heavy atom. The van der Waals surface area contributed by atoms with Crippen LogP contribution in [0.25, 0.3) is 0 Å². The summed E-state index contributed by atoms with van der Waals surface area (Å²) in [5, 5.41) is 9.73. The van der Waals surface area contributed by atoms with Gasteiger partial charge in [0.25, 0.3) is 0 Å². The van der Waals surface area contributed by atoms with Crippen LogP contribution in [0.15, 0.2) is 59.2 Å². The lowest BCUT2D eigenvalue weighted by Crippen LogP contribution is -2.44. The quantitative estimate of drug-likeness (QED) is 0.603. The minimum absolute atomic E-state index is 0.185. The first-order chi connectivity index (χ1) is 14.4. The zero-order valence-electron chi connectivity index (χ0n) is 17.5. The molecule has 3 atom stereocenters. The number of amides is 1. The lowest BCUT2D eigenvalue weighted by Gasteiger charge is -2.37. The molecule has 1 fully saturated rings. The van der Waals surface area contributed by atoms with Gasteiger partial charge in [0.15, 0.2) is 0 Å². The number of aliphatic carboxylic acids is 1. The van der Waals surface area contributed by atoms with Crippen LogP contribution < -0.4 is 9.64 Å². The Bertz CT molecular complexity index is 872. The summed E-state index contributed by atoms with van der Waals surface area (Å²) < 4.78 is 10.9. The summed E-state index contributed by atoms with van der Waals surface area (Å²) in [7, 11) is 1.59. The van der Waals surface area contributed by atoms with Crippen molar-refractivity contribution in [1.82, 2.24) is 0 Å². The predicted octanol–water partition coefficient (Wildman–Crippen LogP) is 5.22. The Labute approximate surface area is 177 Å². The molecule has 6 nitrogen and oxygen atoms in total. The monoisotopic (exact) mass is 411 g/mol. The molecule has 1 aliphatic rings. The van der Waals surface area contributed by atoms with Gasteiger partial charge in [-0.2, -0.15) is 0 Å². The maximum atomic E-state index is 13.8. The molecule has 0 radical (unpaired) electrons. The second-order valence-corrected chi connectivity index (χ2v) is 7.93. The number of carboxylic acids is 1. The molecule has 1 N–H and O–H groups in total. The molecule has 1 aliphatic carbocycles. The van der Waals surface area contributed by atoms with Crippen molar-refractivity contribution in [2.45, 2.75) is 45.1 Å². The molecule has 0 saturated heterocycles. The summed E-state index contributed by atoms with van der Waals surface area (Å²) in [4.78, 5) is 27.4. The van der Waals surface area contributed by atoms with Crippen molar-refractivity contribution in [3.63, 3.8) is 0 Å². The molecule has 1 saturated carbocycles. The van der Waals surface area contributed by atoms with Crippen molar-refractivity contribution in [3.8, 4) is 5.75 Å². The third-order valence-electron chi connectivity index (χ3n) is 5.71. The number of benzene rings is 1. The molecule has 1 aromatic carbocycles. The highest BCUT2D eigenvalue weighted by Crippen LogP contribution is 2.39. The molecule has 0 spiro atoms. The van der Waals surface area contributed by atoms with Crippen LogP contribution in [-0.2, 0) is 9.59 Å². The number of carbonyl (C=O) groups is 2. The molecule has 2 aromatic rings. The van der Waals surface area contributed by atoms with Gasteiger partial charge in [-0.05, 0) is 62.6 Å². The van der Waals surface area contributed by atoms with Crippen molar-refractivity contribution < 1.29 is 23.8 Å². The van der Waals surface area contributed by atoms with E-state index in [1.54, 1.807) is 36.5 Å². The fraction of sp³-hybridized carbons (Fsp3) is 0.417. The van der Waals surface area contributed by atoms with Crippen LogP contribution >= 0.6 is 0 Å². The minimum atomic E-state index is -0.905. The van der Waals surface area contributed by atoms with Crippen LogP contribution in [0.2, 0.25) is 0 Å². The van der Waals surface area contributed by atoms with E-state index in [9.17, 15) is 14.7 Å². The van der Waals surface area contributed by atoms with E-state index in [2.05, 4.69) is 6.58 Å². The number of nitrogens with zero attached hydrogens (tertiary/aromatic N) is 1. The van der Waals surface area contributed by atoms with E-state index >= 15 is 0 Å². The number of carbonyl (C=O) groups excluding carboxylic acids is 1. The summed E-state index contributed by atoms with van der Waals surface area (Å²) in [6.45, 7) is 5.94. The summed E-state index contributed by atoms with van der Waals surface area (Å²) in [6.07, 6.45) is 4.86. The number of rotatable bonds is 8. The van der Waals surface area contributed by atoms with E-state index in [1.165, 1.54) is 0 Å². The summed E-state index contributed by atoms with van der Waals surface area (Å²) in [6, 6.07) is 10.5. The Morgan fingerprint density at radius 2 is 1.87 bits per heavy atom. The topological polar surface area (TPSA) is 80.0 Å². The molecule has 30 heavy (non-hydrogen) atoms. The lowest BCUT2D eigenvalue weighted by molar-refractivity contribution is -0.148. The van der Waals surface area contributed by atoms with Gasteiger partial charge in [-0.15, -0.1) is 6.58 Å². The van der Waals surface area contributed by atoms with E-state index in [4.69, 9.17) is 9.15 Å². The van der Waals surface area contributed by atoms with E-state index < -0.39 is 23.8 Å². The number of ether oxygens (including phenoxy) is 1. The van der Waals surface area contributed by atoms with Gasteiger partial charge >= 0.3 is 5.97 Å². The van der Waals surface area contributed by atoms with Crippen LogP contribution in [-0.4, -0.2) is 24.1 Å². The van der Waals surface area contributed by atoms with Gasteiger partial charge in [0, 0.05) is 5.69 Å². The largest absolute Gasteiger partial charge is 0.497 e. The van der Waals surface area contributed by atoms with Gasteiger partial charge in [-0.3, -0.25) is 9.59 Å². The molecule has 0 aliphatic heterocycles. The highest BCUT2D eigenvalue weighted by atomic mass is 16.5. The van der Waals surface area contributed by atoms with Crippen LogP contribution in [0.1, 0.15) is 50.8 Å². The van der Waals surface area contributed by atoms with Gasteiger partial charge in [0.05, 0.1) is 31.3 Å². The van der Waals surface area contributed by atoms with E-state index in [-0.39, 0.29) is 5.91 Å². The first kappa shape index (κ1) is 21.7. The van der Waals surface area contributed by atoms with Crippen LogP contribution in [0.5, 0.6) is 5.75 Å². The highest BCUT2D eigenvalue weighted by molar-refractivity contribution is 5.98. The Hall–Kier alpha value is -3.02. The fourth-order valence-electron chi connectivity index (χ4n) is 4.23. The van der Waals surface area contributed by atoms with Crippen LogP contribution in [0.3, 0.4) is 0 Å². The second-order valence-electron chi connectivity index (χ2n) is 7.93. The molecule has 6 heteroatoms. The Kier molecular flexibility index (Phi) is 6.98. The van der Waals surface area contributed by atoms with Crippen LogP contribution in [0, 0.1) is 11.8 Å². The SMILES string of the molecule is C=C(C)CC(c1ccco1)N(C(=O)C1CCCCC1C(=O)O)c1ccc(OC)cc1. The molecular weight excluding hydrogens is 382 g/mol. The second kappa shape index (κ2) is 9.65. The molecule has 1 heterocycles. The molecule has 3 unspecified atom stereocenters. The van der Waals surface area contributed by atoms with Gasteiger partial charge in [0.1, 0.15) is 11.5 Å². The average Bonchev–Trinajstić information content (AvgIpc) is 3.28. The van der Waals surface area contributed by atoms with E-state index in [1.807, 2.05) is 25.1 Å². The zero-order valence-corrected chi connectivity index (χ0v) is 17.5. The molecule has 1 amide bonds. The number of furan rings is 1. The number of anilines is 1. The number of hydrogen-bond donors (Lipinski definition) is 1. The maximum Gasteiger partial charge on any atom is 0.307 e. The van der Waals surface area contributed by atoms with Gasteiger partial charge in [-0.1, -0.05) is 18.4 Å². The molecule has 1 aromatic heterocycles. The molecular formula is C24H29NO5. The van der Waals surface area contributed by atoms with Crippen LogP contribution in [0.4, 0.5) is 5.69 Å². The predicted molar refractivity (Wildman–Crippen MR) is 114 cm³/mol. The Balaban J connectivity index is 2.06. The Morgan fingerprint density at radius 1 is 1.20 bits per heavy atom. The minimum Gasteiger partial charge on any atom is -0.497 e. The third kappa shape index (κ3) is 4.75. The van der Waals surface area contributed by atoms with Gasteiger partial charge in [0.2, 0.25) is 5.91 Å². The zero-order chi connectivity index (χ0) is 21.7. The van der Waals surface area contributed by atoms with Crippen molar-refractivity contribution in [2.75, 3.05) is 12.0 Å². The summed E-state index contributed by atoms with van der Waals surface area (Å²) in [5.41, 5.74) is 1.58. The van der Waals surface area contributed by atoms with E-state index in [0.29, 0.717) is 36.5 Å². The van der Waals surface area contributed by atoms with Crippen molar-refractivity contribution in [1.29, 1.82) is 0 Å². The fourth-order valence-corrected chi connectivity index (χ4v) is 4.23. The third-order valence-corrected chi connectivity index (χ3v) is 5.71. The normalized spacial score (nSPS) is 19.7. The highest BCUT2D eigenvalue weighted by Gasteiger charge is 2.41. The average molecular weight is 411 g/mol. The maximum absolute atomic E-state index is 13.8. The molecule has 3 rings (SSSR count). The van der Waals surface area contributed by atoms with Crippen molar-refractivity contribution in [2.24, 2.45) is 11.8 Å². The number of hydrogen-bond acceptors (Lipinski definition) is 4. The summed E-state index contributed by atoms with van der Waals surface area (Å²) >= 11 is 0.